The highest BCUT2D eigenvalue weighted by Gasteiger charge is 2.23. The molecule has 136 valence electrons. The van der Waals surface area contributed by atoms with Crippen molar-refractivity contribution in [3.63, 3.8) is 0 Å². The summed E-state index contributed by atoms with van der Waals surface area (Å²) in [6.07, 6.45) is 1.37. The summed E-state index contributed by atoms with van der Waals surface area (Å²) in [5.41, 5.74) is 6.64. The van der Waals surface area contributed by atoms with Gasteiger partial charge in [-0.05, 0) is 44.5 Å². The van der Waals surface area contributed by atoms with Crippen LogP contribution in [0.25, 0.3) is 10.9 Å². The van der Waals surface area contributed by atoms with Crippen LogP contribution in [-0.2, 0) is 20.7 Å². The van der Waals surface area contributed by atoms with Crippen molar-refractivity contribution < 1.29 is 23.8 Å². The Kier molecular flexibility index (Phi) is 5.37. The quantitative estimate of drug-likeness (QED) is 0.853. The Morgan fingerprint density at radius 2 is 1.92 bits per heavy atom. The Labute approximate surface area is 146 Å². The van der Waals surface area contributed by atoms with Crippen molar-refractivity contribution in [3.8, 4) is 5.75 Å². The predicted octanol–water partition coefficient (Wildman–Crippen LogP) is 2.48. The molecular formula is C18H24N2O5. The Balaban J connectivity index is 2.49. The van der Waals surface area contributed by atoms with Crippen molar-refractivity contribution in [2.75, 3.05) is 14.2 Å². The lowest BCUT2D eigenvalue weighted by Crippen LogP contribution is -2.33. The smallest absolute Gasteiger partial charge is 0.419 e. The van der Waals surface area contributed by atoms with Gasteiger partial charge in [0.1, 0.15) is 17.4 Å². The lowest BCUT2D eigenvalue weighted by molar-refractivity contribution is -0.142. The molecule has 0 spiro atoms. The summed E-state index contributed by atoms with van der Waals surface area (Å²) < 4.78 is 16.8. The Bertz CT molecular complexity index is 789. The first-order valence-electron chi connectivity index (χ1n) is 7.91. The summed E-state index contributed by atoms with van der Waals surface area (Å²) >= 11 is 0. The summed E-state index contributed by atoms with van der Waals surface area (Å²) in [4.78, 5) is 24.1. The number of hydrogen-bond acceptors (Lipinski definition) is 6. The molecule has 0 radical (unpaired) electrons. The van der Waals surface area contributed by atoms with Gasteiger partial charge in [0.15, 0.2) is 0 Å². The number of hydrogen-bond donors (Lipinski definition) is 1. The molecule has 1 aromatic heterocycles. The summed E-state index contributed by atoms with van der Waals surface area (Å²) in [5, 5.41) is 0.768. The number of carbonyl (C=O) groups excluding carboxylic acids is 2. The lowest BCUT2D eigenvalue weighted by atomic mass is 10.1. The largest absolute Gasteiger partial charge is 0.497 e. The summed E-state index contributed by atoms with van der Waals surface area (Å²) in [6, 6.07) is 4.50. The van der Waals surface area contributed by atoms with E-state index in [4.69, 9.17) is 15.2 Å². The second-order valence-electron chi connectivity index (χ2n) is 6.72. The van der Waals surface area contributed by atoms with Gasteiger partial charge in [-0.1, -0.05) is 0 Å². The number of ether oxygens (including phenoxy) is 3. The zero-order valence-corrected chi connectivity index (χ0v) is 15.2. The maximum absolute atomic E-state index is 12.5. The van der Waals surface area contributed by atoms with E-state index >= 15 is 0 Å². The molecule has 0 aliphatic rings. The normalized spacial score (nSPS) is 12.7. The first-order chi connectivity index (χ1) is 11.7. The van der Waals surface area contributed by atoms with Crippen molar-refractivity contribution in [2.24, 2.45) is 5.73 Å². The highest BCUT2D eigenvalue weighted by atomic mass is 16.6. The zero-order chi connectivity index (χ0) is 18.8. The van der Waals surface area contributed by atoms with Gasteiger partial charge < -0.3 is 19.9 Å². The molecule has 0 saturated carbocycles. The molecule has 2 N–H and O–H groups in total. The molecule has 0 unspecified atom stereocenters. The van der Waals surface area contributed by atoms with Crippen molar-refractivity contribution in [1.82, 2.24) is 4.57 Å². The SMILES string of the molecule is COC(=O)[C@@H](N)Cc1cn(C(=O)OC(C)(C)C)c2ccc(OC)cc12. The van der Waals surface area contributed by atoms with Crippen LogP contribution < -0.4 is 10.5 Å². The number of nitrogens with two attached hydrogens (primary N) is 1. The van der Waals surface area contributed by atoms with E-state index in [2.05, 4.69) is 4.74 Å². The van der Waals surface area contributed by atoms with Crippen molar-refractivity contribution in [3.05, 3.63) is 30.0 Å². The van der Waals surface area contributed by atoms with Crippen molar-refractivity contribution >= 4 is 23.0 Å². The van der Waals surface area contributed by atoms with Gasteiger partial charge in [0, 0.05) is 18.0 Å². The van der Waals surface area contributed by atoms with E-state index in [9.17, 15) is 9.59 Å². The molecular weight excluding hydrogens is 324 g/mol. The third-order valence-electron chi connectivity index (χ3n) is 3.63. The van der Waals surface area contributed by atoms with Crippen molar-refractivity contribution in [1.29, 1.82) is 0 Å². The average Bonchev–Trinajstić information content (AvgIpc) is 2.90. The summed E-state index contributed by atoms with van der Waals surface area (Å²) in [5.74, 6) is 0.128. The second kappa shape index (κ2) is 7.14. The number of nitrogens with zero attached hydrogens (tertiary/aromatic N) is 1. The number of fused-ring (bicyclic) bond motifs is 1. The van der Waals surface area contributed by atoms with Crippen molar-refractivity contribution in [2.45, 2.75) is 38.8 Å². The molecule has 0 saturated heterocycles. The standard InChI is InChI=1S/C18H24N2O5/c1-18(2,3)25-17(22)20-10-11(8-14(19)16(21)24-5)13-9-12(23-4)6-7-15(13)20/h6-7,9-10,14H,8,19H2,1-5H3/t14-/m0/s1. The maximum Gasteiger partial charge on any atom is 0.419 e. The van der Waals surface area contributed by atoms with Gasteiger partial charge in [-0.15, -0.1) is 0 Å². The molecule has 0 aliphatic carbocycles. The van der Waals surface area contributed by atoms with Crippen LogP contribution in [0.5, 0.6) is 5.75 Å². The van der Waals surface area contributed by atoms with E-state index < -0.39 is 23.7 Å². The molecule has 2 rings (SSSR count). The van der Waals surface area contributed by atoms with Gasteiger partial charge in [-0.3, -0.25) is 9.36 Å². The highest BCUT2D eigenvalue weighted by molar-refractivity contribution is 5.93. The molecule has 1 atom stereocenters. The highest BCUT2D eigenvalue weighted by Crippen LogP contribution is 2.28. The van der Waals surface area contributed by atoms with Crippen LogP contribution in [0.2, 0.25) is 0 Å². The molecule has 0 bridgehead atoms. The number of carbonyl (C=O) groups is 2. The molecule has 7 nitrogen and oxygen atoms in total. The van der Waals surface area contributed by atoms with Crippen LogP contribution in [0.15, 0.2) is 24.4 Å². The van der Waals surface area contributed by atoms with Crippen LogP contribution in [0.3, 0.4) is 0 Å². The monoisotopic (exact) mass is 348 g/mol. The van der Waals surface area contributed by atoms with Crippen LogP contribution in [0.1, 0.15) is 26.3 Å². The Hall–Kier alpha value is -2.54. The number of aromatic nitrogens is 1. The molecule has 7 heteroatoms. The van der Waals surface area contributed by atoms with Gasteiger partial charge in [0.2, 0.25) is 0 Å². The second-order valence-corrected chi connectivity index (χ2v) is 6.72. The van der Waals surface area contributed by atoms with Crippen LogP contribution in [-0.4, -0.2) is 42.5 Å². The van der Waals surface area contributed by atoms with Gasteiger partial charge in [-0.2, -0.15) is 0 Å². The third-order valence-corrected chi connectivity index (χ3v) is 3.63. The summed E-state index contributed by atoms with van der Waals surface area (Å²) in [6.45, 7) is 5.40. The van der Waals surface area contributed by atoms with Crippen LogP contribution >= 0.6 is 0 Å². The Morgan fingerprint density at radius 1 is 1.24 bits per heavy atom. The molecule has 1 heterocycles. The van der Waals surface area contributed by atoms with Gasteiger partial charge in [-0.25, -0.2) is 4.79 Å². The van der Waals surface area contributed by atoms with Crippen LogP contribution in [0.4, 0.5) is 4.79 Å². The topological polar surface area (TPSA) is 92.8 Å². The average molecular weight is 348 g/mol. The first kappa shape index (κ1) is 18.8. The van der Waals surface area contributed by atoms with E-state index in [1.54, 1.807) is 52.3 Å². The summed E-state index contributed by atoms with van der Waals surface area (Å²) in [7, 11) is 2.85. The molecule has 2 aromatic rings. The van der Waals surface area contributed by atoms with E-state index in [0.29, 0.717) is 11.3 Å². The maximum atomic E-state index is 12.5. The van der Waals surface area contributed by atoms with Gasteiger partial charge in [0.25, 0.3) is 0 Å². The third kappa shape index (κ3) is 4.30. The molecule has 0 aliphatic heterocycles. The van der Waals surface area contributed by atoms with E-state index in [1.807, 2.05) is 0 Å². The number of rotatable bonds is 4. The minimum Gasteiger partial charge on any atom is -0.497 e. The molecule has 0 amide bonds. The number of methoxy groups -OCH3 is 2. The number of esters is 1. The van der Waals surface area contributed by atoms with Crippen LogP contribution in [0, 0.1) is 0 Å². The van der Waals surface area contributed by atoms with E-state index in [-0.39, 0.29) is 6.42 Å². The van der Waals surface area contributed by atoms with Gasteiger partial charge >= 0.3 is 12.1 Å². The van der Waals surface area contributed by atoms with E-state index in [1.165, 1.54) is 11.7 Å². The first-order valence-corrected chi connectivity index (χ1v) is 7.91. The fraction of sp³-hybridized carbons (Fsp3) is 0.444. The predicted molar refractivity (Wildman–Crippen MR) is 93.8 cm³/mol. The fourth-order valence-corrected chi connectivity index (χ4v) is 2.50. The molecule has 1 aromatic carbocycles. The molecule has 0 fully saturated rings. The van der Waals surface area contributed by atoms with E-state index in [0.717, 1.165) is 10.9 Å². The Morgan fingerprint density at radius 3 is 2.48 bits per heavy atom. The molecule has 25 heavy (non-hydrogen) atoms. The number of benzene rings is 1. The fourth-order valence-electron chi connectivity index (χ4n) is 2.50. The zero-order valence-electron chi connectivity index (χ0n) is 15.2. The lowest BCUT2D eigenvalue weighted by Gasteiger charge is -2.19. The van der Waals surface area contributed by atoms with Gasteiger partial charge in [0.05, 0.1) is 19.7 Å². The minimum absolute atomic E-state index is 0.228. The minimum atomic E-state index is -0.825.